The Morgan fingerprint density at radius 2 is 1.68 bits per heavy atom. The van der Waals surface area contributed by atoms with Crippen LogP contribution in [0.4, 0.5) is 0 Å². The van der Waals surface area contributed by atoms with E-state index in [1.165, 1.54) is 0 Å². The molecule has 1 N–H and O–H groups in total. The highest BCUT2D eigenvalue weighted by atomic mass is 79.9. The van der Waals surface area contributed by atoms with E-state index < -0.39 is 6.10 Å². The summed E-state index contributed by atoms with van der Waals surface area (Å²) < 4.78 is 6.26. The topological polar surface area (TPSA) is 29.5 Å². The Morgan fingerprint density at radius 1 is 1.11 bits per heavy atom. The third kappa shape index (κ3) is 2.82. The maximum Gasteiger partial charge on any atom is 0.124 e. The summed E-state index contributed by atoms with van der Waals surface area (Å²) in [4.78, 5) is 0. The van der Waals surface area contributed by atoms with E-state index in [2.05, 4.69) is 15.9 Å². The maximum absolute atomic E-state index is 10.5. The number of ether oxygens (including phenoxy) is 1. The molecule has 19 heavy (non-hydrogen) atoms. The van der Waals surface area contributed by atoms with Crippen LogP contribution in [0.5, 0.6) is 5.75 Å². The van der Waals surface area contributed by atoms with Crippen molar-refractivity contribution in [3.8, 4) is 5.75 Å². The van der Waals surface area contributed by atoms with Gasteiger partial charge in [0.05, 0.1) is 7.11 Å². The number of aliphatic hydroxyl groups is 1. The smallest absolute Gasteiger partial charge is 0.124 e. The Labute approximate surface area is 122 Å². The number of benzene rings is 2. The first-order valence-corrected chi connectivity index (χ1v) is 6.91. The molecule has 0 fully saturated rings. The van der Waals surface area contributed by atoms with Gasteiger partial charge in [0.25, 0.3) is 0 Å². The van der Waals surface area contributed by atoms with Crippen molar-refractivity contribution in [1.29, 1.82) is 0 Å². The van der Waals surface area contributed by atoms with E-state index in [0.717, 1.165) is 32.5 Å². The molecule has 0 saturated heterocycles. The average molecular weight is 321 g/mol. The van der Waals surface area contributed by atoms with Gasteiger partial charge in [-0.2, -0.15) is 0 Å². The van der Waals surface area contributed by atoms with Crippen LogP contribution in [0, 0.1) is 13.8 Å². The van der Waals surface area contributed by atoms with Crippen LogP contribution in [0.15, 0.2) is 40.9 Å². The number of aryl methyl sites for hydroxylation is 2. The van der Waals surface area contributed by atoms with Crippen molar-refractivity contribution >= 4 is 15.9 Å². The minimum atomic E-state index is -0.640. The molecule has 0 unspecified atom stereocenters. The normalized spacial score (nSPS) is 12.3. The van der Waals surface area contributed by atoms with Crippen LogP contribution < -0.4 is 4.74 Å². The van der Waals surface area contributed by atoms with Crippen LogP contribution in [0.3, 0.4) is 0 Å². The van der Waals surface area contributed by atoms with Crippen molar-refractivity contribution in [2.24, 2.45) is 0 Å². The Hall–Kier alpha value is -1.32. The van der Waals surface area contributed by atoms with E-state index in [-0.39, 0.29) is 0 Å². The van der Waals surface area contributed by atoms with Gasteiger partial charge in [0.15, 0.2) is 0 Å². The first-order valence-electron chi connectivity index (χ1n) is 6.12. The second-order valence-corrected chi connectivity index (χ2v) is 5.47. The molecule has 0 amide bonds. The number of halogens is 1. The van der Waals surface area contributed by atoms with Gasteiger partial charge < -0.3 is 9.84 Å². The Morgan fingerprint density at radius 3 is 2.21 bits per heavy atom. The number of methoxy groups -OCH3 is 1. The van der Waals surface area contributed by atoms with E-state index in [0.29, 0.717) is 0 Å². The lowest BCUT2D eigenvalue weighted by Gasteiger charge is -2.17. The van der Waals surface area contributed by atoms with Crippen molar-refractivity contribution in [3.63, 3.8) is 0 Å². The van der Waals surface area contributed by atoms with Crippen LogP contribution in [0.1, 0.15) is 28.4 Å². The van der Waals surface area contributed by atoms with Crippen LogP contribution in [0.2, 0.25) is 0 Å². The Kier molecular flexibility index (Phi) is 4.27. The van der Waals surface area contributed by atoms with Crippen LogP contribution in [-0.2, 0) is 0 Å². The summed E-state index contributed by atoms with van der Waals surface area (Å²) in [5.41, 5.74) is 3.81. The lowest BCUT2D eigenvalue weighted by atomic mass is 9.97. The summed E-state index contributed by atoms with van der Waals surface area (Å²) in [6.07, 6.45) is -0.640. The standard InChI is InChI=1S/C16H17BrO2/c1-10-8-12(9-11(2)16(10)19-3)15(18)13-6-4-5-7-14(13)17/h4-9,15,18H,1-3H3/t15-/m1/s1. The zero-order valence-electron chi connectivity index (χ0n) is 11.3. The molecule has 2 aromatic rings. The number of hydrogen-bond donors (Lipinski definition) is 1. The predicted molar refractivity (Wildman–Crippen MR) is 80.7 cm³/mol. The predicted octanol–water partition coefficient (Wildman–Crippen LogP) is 4.16. The quantitative estimate of drug-likeness (QED) is 0.920. The van der Waals surface area contributed by atoms with Crippen molar-refractivity contribution in [1.82, 2.24) is 0 Å². The van der Waals surface area contributed by atoms with Gasteiger partial charge in [0.1, 0.15) is 11.9 Å². The van der Waals surface area contributed by atoms with Gasteiger partial charge in [-0.25, -0.2) is 0 Å². The molecule has 100 valence electrons. The number of hydrogen-bond acceptors (Lipinski definition) is 2. The molecular weight excluding hydrogens is 304 g/mol. The van der Waals surface area contributed by atoms with Crippen molar-refractivity contribution < 1.29 is 9.84 Å². The Bertz CT molecular complexity index is 570. The summed E-state index contributed by atoms with van der Waals surface area (Å²) in [7, 11) is 1.67. The Balaban J connectivity index is 2.45. The first kappa shape index (κ1) is 14.1. The zero-order chi connectivity index (χ0) is 14.0. The van der Waals surface area contributed by atoms with E-state index in [4.69, 9.17) is 4.74 Å². The summed E-state index contributed by atoms with van der Waals surface area (Å²) >= 11 is 3.47. The molecule has 1 atom stereocenters. The van der Waals surface area contributed by atoms with Crippen molar-refractivity contribution in [2.75, 3.05) is 7.11 Å². The van der Waals surface area contributed by atoms with Gasteiger partial charge in [-0.05, 0) is 54.3 Å². The molecular formula is C16H17BrO2. The molecule has 2 nitrogen and oxygen atoms in total. The first-order chi connectivity index (χ1) is 9.04. The zero-order valence-corrected chi connectivity index (χ0v) is 12.9. The van der Waals surface area contributed by atoms with Gasteiger partial charge >= 0.3 is 0 Å². The molecule has 0 heterocycles. The fraction of sp³-hybridized carbons (Fsp3) is 0.250. The lowest BCUT2D eigenvalue weighted by Crippen LogP contribution is -2.03. The van der Waals surface area contributed by atoms with Crippen molar-refractivity contribution in [3.05, 3.63) is 63.1 Å². The van der Waals surface area contributed by atoms with E-state index in [1.807, 2.05) is 50.2 Å². The number of aliphatic hydroxyl groups excluding tert-OH is 1. The molecule has 0 spiro atoms. The van der Waals surface area contributed by atoms with Gasteiger partial charge in [-0.15, -0.1) is 0 Å². The monoisotopic (exact) mass is 320 g/mol. The van der Waals surface area contributed by atoms with Crippen LogP contribution >= 0.6 is 15.9 Å². The molecule has 0 aliphatic heterocycles. The fourth-order valence-electron chi connectivity index (χ4n) is 2.34. The summed E-state index contributed by atoms with van der Waals surface area (Å²) in [5.74, 6) is 0.878. The highest BCUT2D eigenvalue weighted by molar-refractivity contribution is 9.10. The minimum Gasteiger partial charge on any atom is -0.496 e. The van der Waals surface area contributed by atoms with Gasteiger partial charge in [0.2, 0.25) is 0 Å². The molecule has 0 aliphatic rings. The molecule has 0 saturated carbocycles. The summed E-state index contributed by atoms with van der Waals surface area (Å²) in [6.45, 7) is 3.98. The molecule has 3 heteroatoms. The van der Waals surface area contributed by atoms with Gasteiger partial charge in [-0.3, -0.25) is 0 Å². The average Bonchev–Trinajstić information content (AvgIpc) is 2.38. The van der Waals surface area contributed by atoms with E-state index in [1.54, 1.807) is 7.11 Å². The highest BCUT2D eigenvalue weighted by Crippen LogP contribution is 2.32. The van der Waals surface area contributed by atoms with Crippen molar-refractivity contribution in [2.45, 2.75) is 20.0 Å². The fourth-order valence-corrected chi connectivity index (χ4v) is 2.84. The second-order valence-electron chi connectivity index (χ2n) is 4.61. The lowest BCUT2D eigenvalue weighted by molar-refractivity contribution is 0.219. The molecule has 0 radical (unpaired) electrons. The van der Waals surface area contributed by atoms with Gasteiger partial charge in [-0.1, -0.05) is 34.1 Å². The molecule has 2 aromatic carbocycles. The van der Waals surface area contributed by atoms with Crippen LogP contribution in [0.25, 0.3) is 0 Å². The molecule has 2 rings (SSSR count). The third-order valence-corrected chi connectivity index (χ3v) is 3.92. The minimum absolute atomic E-state index is 0.640. The molecule has 0 aliphatic carbocycles. The third-order valence-electron chi connectivity index (χ3n) is 3.20. The maximum atomic E-state index is 10.5. The van der Waals surface area contributed by atoms with Crippen LogP contribution in [-0.4, -0.2) is 12.2 Å². The highest BCUT2D eigenvalue weighted by Gasteiger charge is 2.15. The number of rotatable bonds is 3. The summed E-state index contributed by atoms with van der Waals surface area (Å²) in [5, 5.41) is 10.5. The largest absolute Gasteiger partial charge is 0.496 e. The SMILES string of the molecule is COc1c(C)cc([C@@H](O)c2ccccc2Br)cc1C. The van der Waals surface area contributed by atoms with Gasteiger partial charge in [0, 0.05) is 4.47 Å². The van der Waals surface area contributed by atoms with E-state index in [9.17, 15) is 5.11 Å². The summed E-state index contributed by atoms with van der Waals surface area (Å²) in [6, 6.07) is 11.6. The molecule has 0 aromatic heterocycles. The second kappa shape index (κ2) is 5.76. The van der Waals surface area contributed by atoms with E-state index >= 15 is 0 Å². The molecule has 0 bridgehead atoms.